The molecule has 7 nitrogen and oxygen atoms in total. The minimum atomic E-state index is -1.09. The average Bonchev–Trinajstić information content (AvgIpc) is 2.85. The van der Waals surface area contributed by atoms with Gasteiger partial charge in [0.25, 0.3) is 0 Å². The maximum absolute atomic E-state index is 13.9. The van der Waals surface area contributed by atoms with Gasteiger partial charge in [-0.2, -0.15) is 0 Å². The highest BCUT2D eigenvalue weighted by Gasteiger charge is 2.59. The zero-order chi connectivity index (χ0) is 24.7. The second-order valence-electron chi connectivity index (χ2n) is 8.80. The molecular weight excluding hydrogens is 462 g/mol. The molecule has 5 rings (SSSR count). The summed E-state index contributed by atoms with van der Waals surface area (Å²) in [5.41, 5.74) is 2.31. The quantitative estimate of drug-likeness (QED) is 0.498. The van der Waals surface area contributed by atoms with Crippen LogP contribution in [0.15, 0.2) is 66.7 Å². The fourth-order valence-electron chi connectivity index (χ4n) is 4.96. The maximum Gasteiger partial charge on any atom is 0.236 e. The third-order valence-electron chi connectivity index (χ3n) is 6.70. The number of carbonyl (C=O) groups is 1. The Bertz CT molecular complexity index is 1300. The molecule has 0 aromatic heterocycles. The smallest absolute Gasteiger partial charge is 0.236 e. The van der Waals surface area contributed by atoms with E-state index in [1.54, 1.807) is 14.2 Å². The van der Waals surface area contributed by atoms with Crippen molar-refractivity contribution >= 4 is 34.6 Å². The Hall–Kier alpha value is -3.78. The van der Waals surface area contributed by atoms with E-state index in [0.29, 0.717) is 28.0 Å². The first-order valence-electron chi connectivity index (χ1n) is 11.3. The van der Waals surface area contributed by atoms with Gasteiger partial charge in [-0.25, -0.2) is 0 Å². The van der Waals surface area contributed by atoms with Crippen molar-refractivity contribution in [1.29, 1.82) is 0 Å². The van der Waals surface area contributed by atoms with Gasteiger partial charge in [-0.1, -0.05) is 18.2 Å². The Kier molecular flexibility index (Phi) is 5.76. The number of nitrogens with zero attached hydrogens (tertiary/aromatic N) is 1. The Labute approximate surface area is 210 Å². The van der Waals surface area contributed by atoms with Gasteiger partial charge in [0.1, 0.15) is 23.2 Å². The summed E-state index contributed by atoms with van der Waals surface area (Å²) >= 11 is 5.84. The first kappa shape index (κ1) is 23.0. The Balaban J connectivity index is 1.61. The van der Waals surface area contributed by atoms with E-state index in [9.17, 15) is 4.79 Å². The van der Waals surface area contributed by atoms with E-state index in [1.807, 2.05) is 85.5 Å². The standard InChI is InChI=1S/C27H27N3O4S/c1-16-7-5-6-8-21(16)30-26(35)29-24-20-15-19(33-4)13-14-22(20)34-27(30,2)23(24)25(31)28-17-9-11-18(32-3)12-10-17/h5-15,23-24H,1-4H3,(H,28,31)(H,29,35)/t23-,24+,27-/m0/s1. The number of carbonyl (C=O) groups excluding carboxylic acids is 1. The summed E-state index contributed by atoms with van der Waals surface area (Å²) in [5.74, 6) is 1.24. The summed E-state index contributed by atoms with van der Waals surface area (Å²) in [5, 5.41) is 6.99. The molecule has 0 saturated carbocycles. The van der Waals surface area contributed by atoms with Crippen LogP contribution in [0, 0.1) is 12.8 Å². The summed E-state index contributed by atoms with van der Waals surface area (Å²) in [6.45, 7) is 3.94. The fourth-order valence-corrected chi connectivity index (χ4v) is 5.37. The molecule has 3 atom stereocenters. The predicted octanol–water partition coefficient (Wildman–Crippen LogP) is 4.81. The number of ether oxygens (including phenoxy) is 3. The molecule has 0 radical (unpaired) electrons. The molecule has 2 heterocycles. The van der Waals surface area contributed by atoms with Crippen LogP contribution in [0.2, 0.25) is 0 Å². The van der Waals surface area contributed by atoms with E-state index in [0.717, 1.165) is 16.8 Å². The number of aryl methyl sites for hydroxylation is 1. The van der Waals surface area contributed by atoms with Crippen molar-refractivity contribution in [2.45, 2.75) is 25.6 Å². The second-order valence-corrected chi connectivity index (χ2v) is 9.19. The summed E-state index contributed by atoms with van der Waals surface area (Å²) in [6.07, 6.45) is 0. The molecule has 35 heavy (non-hydrogen) atoms. The first-order valence-corrected chi connectivity index (χ1v) is 11.7. The van der Waals surface area contributed by atoms with E-state index in [2.05, 4.69) is 10.6 Å². The maximum atomic E-state index is 13.9. The monoisotopic (exact) mass is 489 g/mol. The highest BCUT2D eigenvalue weighted by molar-refractivity contribution is 7.80. The van der Waals surface area contributed by atoms with Crippen LogP contribution >= 0.6 is 12.2 Å². The number of methoxy groups -OCH3 is 2. The van der Waals surface area contributed by atoms with Crippen molar-refractivity contribution in [3.63, 3.8) is 0 Å². The number of benzene rings is 3. The summed E-state index contributed by atoms with van der Waals surface area (Å²) in [7, 11) is 3.22. The molecule has 0 unspecified atom stereocenters. The molecule has 1 fully saturated rings. The Morgan fingerprint density at radius 3 is 2.43 bits per heavy atom. The first-order chi connectivity index (χ1) is 16.9. The number of para-hydroxylation sites is 1. The molecule has 180 valence electrons. The number of rotatable bonds is 5. The van der Waals surface area contributed by atoms with Crippen LogP contribution in [0.4, 0.5) is 11.4 Å². The van der Waals surface area contributed by atoms with E-state index in [1.165, 1.54) is 0 Å². The molecule has 2 aliphatic rings. The lowest BCUT2D eigenvalue weighted by Gasteiger charge is -2.56. The lowest BCUT2D eigenvalue weighted by Crippen LogP contribution is -2.72. The summed E-state index contributed by atoms with van der Waals surface area (Å²) < 4.78 is 17.3. The molecule has 3 aromatic rings. The fraction of sp³-hybridized carbons (Fsp3) is 0.259. The van der Waals surface area contributed by atoms with Gasteiger partial charge in [-0.05, 0) is 80.2 Å². The van der Waals surface area contributed by atoms with Gasteiger partial charge in [-0.3, -0.25) is 9.69 Å². The lowest BCUT2D eigenvalue weighted by molar-refractivity contribution is -0.130. The van der Waals surface area contributed by atoms with Gasteiger partial charge in [0.05, 0.1) is 20.3 Å². The lowest BCUT2D eigenvalue weighted by atomic mass is 9.78. The van der Waals surface area contributed by atoms with E-state index < -0.39 is 17.7 Å². The van der Waals surface area contributed by atoms with Gasteiger partial charge < -0.3 is 24.8 Å². The second kappa shape index (κ2) is 8.78. The molecule has 8 heteroatoms. The molecule has 2 N–H and O–H groups in total. The summed E-state index contributed by atoms with van der Waals surface area (Å²) in [6, 6.07) is 20.4. The van der Waals surface area contributed by atoms with Crippen LogP contribution in [0.5, 0.6) is 17.2 Å². The molecule has 1 saturated heterocycles. The number of thiocarbonyl (C=S) groups is 1. The van der Waals surface area contributed by atoms with Crippen LogP contribution in [-0.4, -0.2) is 31.0 Å². The molecule has 2 bridgehead atoms. The normalized spacial score (nSPS) is 22.4. The van der Waals surface area contributed by atoms with Crippen LogP contribution in [-0.2, 0) is 4.79 Å². The van der Waals surface area contributed by atoms with Gasteiger partial charge >= 0.3 is 0 Å². The van der Waals surface area contributed by atoms with Gasteiger partial charge in [0.15, 0.2) is 10.8 Å². The molecule has 0 aliphatic carbocycles. The summed E-state index contributed by atoms with van der Waals surface area (Å²) in [4.78, 5) is 15.8. The number of hydrogen-bond acceptors (Lipinski definition) is 5. The minimum absolute atomic E-state index is 0.190. The predicted molar refractivity (Wildman–Crippen MR) is 139 cm³/mol. The Morgan fingerprint density at radius 2 is 1.74 bits per heavy atom. The minimum Gasteiger partial charge on any atom is -0.497 e. The van der Waals surface area contributed by atoms with Crippen molar-refractivity contribution < 1.29 is 19.0 Å². The third kappa shape index (κ3) is 3.83. The number of amides is 1. The van der Waals surface area contributed by atoms with Crippen molar-refractivity contribution in [2.24, 2.45) is 5.92 Å². The van der Waals surface area contributed by atoms with Crippen LogP contribution in [0.3, 0.4) is 0 Å². The number of nitrogens with one attached hydrogen (secondary N) is 2. The van der Waals surface area contributed by atoms with Crippen molar-refractivity contribution in [1.82, 2.24) is 5.32 Å². The molecule has 0 spiro atoms. The number of fused-ring (bicyclic) bond motifs is 4. The van der Waals surface area contributed by atoms with Crippen LogP contribution in [0.1, 0.15) is 24.1 Å². The molecular formula is C27H27N3O4S. The number of hydrogen-bond donors (Lipinski definition) is 2. The van der Waals surface area contributed by atoms with Gasteiger partial charge in [-0.15, -0.1) is 0 Å². The zero-order valence-corrected chi connectivity index (χ0v) is 20.8. The largest absolute Gasteiger partial charge is 0.497 e. The topological polar surface area (TPSA) is 72.1 Å². The van der Waals surface area contributed by atoms with Gasteiger partial charge in [0.2, 0.25) is 5.91 Å². The molecule has 3 aromatic carbocycles. The average molecular weight is 490 g/mol. The SMILES string of the molecule is COc1ccc(NC(=O)[C@@H]2[C@@H]3NC(=S)N(c4ccccc4C)[C@@]2(C)Oc2ccc(OC)cc23)cc1. The molecule has 2 aliphatic heterocycles. The van der Waals surface area contributed by atoms with Crippen molar-refractivity contribution in [3.8, 4) is 17.2 Å². The van der Waals surface area contributed by atoms with Crippen LogP contribution < -0.4 is 29.7 Å². The highest BCUT2D eigenvalue weighted by atomic mass is 32.1. The third-order valence-corrected chi connectivity index (χ3v) is 7.00. The van der Waals surface area contributed by atoms with Crippen LogP contribution in [0.25, 0.3) is 0 Å². The van der Waals surface area contributed by atoms with Crippen molar-refractivity contribution in [2.75, 3.05) is 24.4 Å². The highest BCUT2D eigenvalue weighted by Crippen LogP contribution is 2.51. The zero-order valence-electron chi connectivity index (χ0n) is 20.0. The van der Waals surface area contributed by atoms with Crippen molar-refractivity contribution in [3.05, 3.63) is 77.9 Å². The number of anilines is 2. The van der Waals surface area contributed by atoms with E-state index in [4.69, 9.17) is 26.4 Å². The molecule has 1 amide bonds. The van der Waals surface area contributed by atoms with E-state index in [-0.39, 0.29) is 5.91 Å². The van der Waals surface area contributed by atoms with Gasteiger partial charge in [0, 0.05) is 16.9 Å². The Morgan fingerprint density at radius 1 is 1.06 bits per heavy atom. The van der Waals surface area contributed by atoms with E-state index >= 15 is 0 Å².